The van der Waals surface area contributed by atoms with Crippen LogP contribution in [0.1, 0.15) is 11.1 Å². The van der Waals surface area contributed by atoms with Gasteiger partial charge in [0.05, 0.1) is 5.56 Å². The molecule has 0 radical (unpaired) electrons. The smallest absolute Gasteiger partial charge is 0.123 e. The summed E-state index contributed by atoms with van der Waals surface area (Å²) in [5.41, 5.74) is 13.0. The number of H-pyrrole nitrogens is 1. The third-order valence-electron chi connectivity index (χ3n) is 2.86. The lowest BCUT2D eigenvalue weighted by molar-refractivity contribution is 0.451. The van der Waals surface area contributed by atoms with Gasteiger partial charge in [0.15, 0.2) is 0 Å². The fourth-order valence-electron chi connectivity index (χ4n) is 2.04. The molecule has 102 valence electrons. The topological polar surface area (TPSA) is 132 Å². The Morgan fingerprint density at radius 3 is 2.35 bits per heavy atom. The first-order chi connectivity index (χ1) is 9.47. The van der Waals surface area contributed by atoms with Crippen LogP contribution in [0, 0.1) is 16.0 Å². The number of anilines is 1. The van der Waals surface area contributed by atoms with Gasteiger partial charge in [-0.25, -0.2) is 0 Å². The molecule has 0 spiro atoms. The number of hydrogen-bond acceptors (Lipinski definition) is 6. The Morgan fingerprint density at radius 1 is 1.25 bits per heavy atom. The maximum absolute atomic E-state index is 9.58. The summed E-state index contributed by atoms with van der Waals surface area (Å²) < 4.78 is 0.181. The number of aromatic hydroxyl groups is 2. The molecule has 7 N–H and O–H groups in total. The maximum atomic E-state index is 9.58. The highest BCUT2D eigenvalue weighted by atomic mass is 32.1. The number of phenols is 2. The first kappa shape index (κ1) is 13.9. The maximum Gasteiger partial charge on any atom is 0.123 e. The molecule has 1 aromatic carbocycles. The van der Waals surface area contributed by atoms with Crippen LogP contribution in [-0.2, 0) is 6.54 Å². The van der Waals surface area contributed by atoms with Gasteiger partial charge in [-0.1, -0.05) is 12.2 Å². The quantitative estimate of drug-likeness (QED) is 0.535. The number of aromatic amines is 1. The minimum atomic E-state index is -0.135. The monoisotopic (exact) mass is 288 g/mol. The third kappa shape index (κ3) is 2.30. The normalized spacial score (nSPS) is 10.2. The summed E-state index contributed by atoms with van der Waals surface area (Å²) >= 11 is 5.08. The number of nitrogens with one attached hydrogen (secondary N) is 1. The number of nitrogens with two attached hydrogens (primary N) is 2. The molecule has 6 nitrogen and oxygen atoms in total. The Kier molecular flexibility index (Phi) is 3.61. The van der Waals surface area contributed by atoms with Crippen LogP contribution in [-0.4, -0.2) is 15.2 Å². The molecular formula is C13H12N4O2S. The molecule has 1 heterocycles. The average Bonchev–Trinajstić information content (AvgIpc) is 2.36. The van der Waals surface area contributed by atoms with Crippen molar-refractivity contribution in [2.24, 2.45) is 5.73 Å². The van der Waals surface area contributed by atoms with Crippen LogP contribution < -0.4 is 11.5 Å². The van der Waals surface area contributed by atoms with Gasteiger partial charge in [0.25, 0.3) is 0 Å². The summed E-state index contributed by atoms with van der Waals surface area (Å²) in [6.07, 6.45) is 0. The van der Waals surface area contributed by atoms with Gasteiger partial charge in [0, 0.05) is 23.7 Å². The zero-order chi connectivity index (χ0) is 14.9. The van der Waals surface area contributed by atoms with Crippen molar-refractivity contribution in [1.29, 1.82) is 5.26 Å². The van der Waals surface area contributed by atoms with Crippen LogP contribution in [0.15, 0.2) is 18.2 Å². The van der Waals surface area contributed by atoms with Gasteiger partial charge >= 0.3 is 0 Å². The predicted octanol–water partition coefficient (Wildman–Crippen LogP) is 1.73. The van der Waals surface area contributed by atoms with E-state index >= 15 is 0 Å². The molecule has 2 rings (SSSR count). The van der Waals surface area contributed by atoms with Crippen LogP contribution in [0.3, 0.4) is 0 Å². The number of benzene rings is 1. The second kappa shape index (κ2) is 5.21. The molecule has 0 fully saturated rings. The Balaban J connectivity index is 2.91. The summed E-state index contributed by atoms with van der Waals surface area (Å²) in [5.74, 6) is -0.0114. The Labute approximate surface area is 119 Å². The highest BCUT2D eigenvalue weighted by molar-refractivity contribution is 7.71. The summed E-state index contributed by atoms with van der Waals surface area (Å²) in [6, 6.07) is 5.99. The number of rotatable bonds is 2. The minimum Gasteiger partial charge on any atom is -0.508 e. The zero-order valence-corrected chi connectivity index (χ0v) is 11.2. The minimum absolute atomic E-state index is 0.0817. The zero-order valence-electron chi connectivity index (χ0n) is 10.3. The van der Waals surface area contributed by atoms with Gasteiger partial charge in [0.2, 0.25) is 0 Å². The Morgan fingerprint density at radius 2 is 1.85 bits per heavy atom. The van der Waals surface area contributed by atoms with Crippen molar-refractivity contribution in [3.63, 3.8) is 0 Å². The van der Waals surface area contributed by atoms with Crippen LogP contribution in [0.4, 0.5) is 5.82 Å². The molecule has 7 heteroatoms. The van der Waals surface area contributed by atoms with Gasteiger partial charge in [-0.3, -0.25) is 0 Å². The van der Waals surface area contributed by atoms with Crippen molar-refractivity contribution in [1.82, 2.24) is 4.98 Å². The van der Waals surface area contributed by atoms with Crippen molar-refractivity contribution >= 4 is 18.0 Å². The van der Waals surface area contributed by atoms with E-state index in [0.717, 1.165) is 0 Å². The van der Waals surface area contributed by atoms with Gasteiger partial charge in [0.1, 0.15) is 28.0 Å². The Bertz CT molecular complexity index is 757. The molecule has 0 unspecified atom stereocenters. The van der Waals surface area contributed by atoms with Crippen molar-refractivity contribution < 1.29 is 10.2 Å². The van der Waals surface area contributed by atoms with Crippen molar-refractivity contribution in [2.45, 2.75) is 6.54 Å². The number of phenolic OH excluding ortho intramolecular Hbond substituents is 2. The number of pyridine rings is 1. The number of nitriles is 1. The molecule has 0 saturated heterocycles. The van der Waals surface area contributed by atoms with Crippen molar-refractivity contribution in [2.75, 3.05) is 5.73 Å². The standard InChI is InChI=1S/C13H12N4O2S/c14-4-9-11(6-1-7(18)3-8(19)2-6)10(5-15)13(20)17-12(9)16/h1-3,18-19H,4,14H2,(H3,16,17,20). The average molecular weight is 288 g/mol. The van der Waals surface area contributed by atoms with Crippen LogP contribution in [0.2, 0.25) is 0 Å². The summed E-state index contributed by atoms with van der Waals surface area (Å²) in [4.78, 5) is 2.71. The first-order valence-electron chi connectivity index (χ1n) is 5.66. The SMILES string of the molecule is N#Cc1c(-c2cc(O)cc(O)c2)c(CN)c(N)[nH]c1=S. The van der Waals surface area contributed by atoms with E-state index in [-0.39, 0.29) is 34.1 Å². The Hall–Kier alpha value is -2.56. The third-order valence-corrected chi connectivity index (χ3v) is 3.17. The predicted molar refractivity (Wildman–Crippen MR) is 77.4 cm³/mol. The molecule has 0 atom stereocenters. The second-order valence-corrected chi connectivity index (χ2v) is 4.56. The highest BCUT2D eigenvalue weighted by Crippen LogP contribution is 2.34. The molecule has 0 aliphatic heterocycles. The largest absolute Gasteiger partial charge is 0.508 e. The van der Waals surface area contributed by atoms with E-state index in [9.17, 15) is 15.5 Å². The number of hydrogen-bond donors (Lipinski definition) is 5. The molecule has 0 amide bonds. The van der Waals surface area contributed by atoms with E-state index in [1.165, 1.54) is 18.2 Å². The molecule has 0 aliphatic carbocycles. The van der Waals surface area contributed by atoms with Crippen molar-refractivity contribution in [3.05, 3.63) is 34.0 Å². The second-order valence-electron chi connectivity index (χ2n) is 4.15. The number of aromatic nitrogens is 1. The van der Waals surface area contributed by atoms with Crippen LogP contribution in [0.25, 0.3) is 11.1 Å². The highest BCUT2D eigenvalue weighted by Gasteiger charge is 2.16. The van der Waals surface area contributed by atoms with E-state index in [1.807, 2.05) is 6.07 Å². The molecule has 2 aromatic rings. The van der Waals surface area contributed by atoms with Crippen molar-refractivity contribution in [3.8, 4) is 28.7 Å². The molecule has 0 bridgehead atoms. The molecule has 20 heavy (non-hydrogen) atoms. The van der Waals surface area contributed by atoms with Gasteiger partial charge in [-0.15, -0.1) is 0 Å². The molecule has 0 aliphatic rings. The lowest BCUT2D eigenvalue weighted by atomic mass is 9.96. The first-order valence-corrected chi connectivity index (χ1v) is 6.07. The summed E-state index contributed by atoms with van der Waals surface area (Å²) in [6.45, 7) is 0.0817. The fraction of sp³-hybridized carbons (Fsp3) is 0.0769. The van der Waals surface area contributed by atoms with Crippen LogP contribution in [0.5, 0.6) is 11.5 Å². The van der Waals surface area contributed by atoms with E-state index in [1.54, 1.807) is 0 Å². The van der Waals surface area contributed by atoms with E-state index < -0.39 is 0 Å². The lowest BCUT2D eigenvalue weighted by Crippen LogP contribution is -2.08. The molecular weight excluding hydrogens is 276 g/mol. The molecule has 1 aromatic heterocycles. The number of nitrogen functional groups attached to an aromatic ring is 1. The van der Waals surface area contributed by atoms with Gasteiger partial charge in [-0.2, -0.15) is 5.26 Å². The number of nitrogens with zero attached hydrogens (tertiary/aromatic N) is 1. The van der Waals surface area contributed by atoms with Crippen LogP contribution >= 0.6 is 12.2 Å². The molecule has 0 saturated carbocycles. The lowest BCUT2D eigenvalue weighted by Gasteiger charge is -2.13. The van der Waals surface area contributed by atoms with Gasteiger partial charge < -0.3 is 26.7 Å². The van der Waals surface area contributed by atoms with E-state index in [0.29, 0.717) is 16.7 Å². The summed E-state index contributed by atoms with van der Waals surface area (Å²) in [5, 5.41) is 28.4. The summed E-state index contributed by atoms with van der Waals surface area (Å²) in [7, 11) is 0. The fourth-order valence-corrected chi connectivity index (χ4v) is 2.29. The van der Waals surface area contributed by atoms with E-state index in [2.05, 4.69) is 4.98 Å². The van der Waals surface area contributed by atoms with Gasteiger partial charge in [-0.05, 0) is 17.7 Å². The van der Waals surface area contributed by atoms with E-state index in [4.69, 9.17) is 23.7 Å².